The van der Waals surface area contributed by atoms with Crippen LogP contribution in [0, 0.1) is 6.92 Å². The van der Waals surface area contributed by atoms with Gasteiger partial charge in [0.15, 0.2) is 0 Å². The van der Waals surface area contributed by atoms with Crippen LogP contribution < -0.4 is 0 Å². The average Bonchev–Trinajstić information content (AvgIpc) is 1.72. The predicted octanol–water partition coefficient (Wildman–Crippen LogP) is 1.12. The van der Waals surface area contributed by atoms with Crippen molar-refractivity contribution in [1.82, 2.24) is 0 Å². The molecule has 0 saturated heterocycles. The van der Waals surface area contributed by atoms with E-state index in [0.717, 1.165) is 20.4 Å². The van der Waals surface area contributed by atoms with E-state index in [9.17, 15) is 0 Å². The Morgan fingerprint density at radius 1 is 1.62 bits per heavy atom. The molecule has 0 aliphatic heterocycles. The van der Waals surface area contributed by atoms with E-state index in [1.165, 1.54) is 0 Å². The predicted molar refractivity (Wildman–Crippen MR) is 27.1 cm³/mol. The fourth-order valence-electron chi connectivity index (χ4n) is 0.236. The number of hydrogen-bond donors (Lipinski definition) is 0. The van der Waals surface area contributed by atoms with Gasteiger partial charge in [-0.05, 0) is 13.8 Å². The second-order valence-corrected chi connectivity index (χ2v) is 1.42. The molecule has 0 aromatic heterocycles. The Kier molecular flexibility index (Phi) is 14.8. The maximum absolute atomic E-state index is 8.25. The van der Waals surface area contributed by atoms with Crippen LogP contribution in [0.15, 0.2) is 0 Å². The van der Waals surface area contributed by atoms with E-state index in [0.29, 0.717) is 12.7 Å². The summed E-state index contributed by atoms with van der Waals surface area (Å²) in [5.41, 5.74) is 0. The second kappa shape index (κ2) is 10.5. The fraction of sp³-hybridized carbons (Fsp3) is 0.800. The molecule has 3 heteroatoms. The van der Waals surface area contributed by atoms with E-state index in [2.05, 4.69) is 6.92 Å². The van der Waals surface area contributed by atoms with Gasteiger partial charge < -0.3 is 11.7 Å². The summed E-state index contributed by atoms with van der Waals surface area (Å²) >= 11 is 0.750. The molecular formula is C5H11O2Ti. The Morgan fingerprint density at radius 3 is 2.00 bits per heavy atom. The maximum atomic E-state index is 8.25. The monoisotopic (exact) mass is 151 g/mol. The molecule has 0 saturated carbocycles. The van der Waals surface area contributed by atoms with Crippen molar-refractivity contribution in [2.75, 3.05) is 6.61 Å². The van der Waals surface area contributed by atoms with Gasteiger partial charge in [0.05, 0.1) is 0 Å². The van der Waals surface area contributed by atoms with Crippen LogP contribution >= 0.6 is 0 Å². The first-order chi connectivity index (χ1) is 3.77. The molecule has 0 fully saturated rings. The first-order valence-corrected chi connectivity index (χ1v) is 3.02. The molecule has 0 rings (SSSR count). The zero-order valence-electron chi connectivity index (χ0n) is 5.31. The summed E-state index contributed by atoms with van der Waals surface area (Å²) in [6.07, 6.45) is 0.336. The van der Waals surface area contributed by atoms with Gasteiger partial charge in [-0.2, -0.15) is 0 Å². The van der Waals surface area contributed by atoms with E-state index in [1.807, 2.05) is 13.8 Å². The van der Waals surface area contributed by atoms with Crippen LogP contribution in [-0.4, -0.2) is 12.7 Å². The Balaban J connectivity index is 0. The first kappa shape index (κ1) is 11.3. The van der Waals surface area contributed by atoms with E-state index in [-0.39, 0.29) is 0 Å². The topological polar surface area (TPSA) is 26.3 Å². The van der Waals surface area contributed by atoms with E-state index in [1.54, 1.807) is 0 Å². The molecule has 47 valence electrons. The van der Waals surface area contributed by atoms with E-state index in [4.69, 9.17) is 8.06 Å². The van der Waals surface area contributed by atoms with Crippen molar-refractivity contribution >= 4 is 0 Å². The van der Waals surface area contributed by atoms with Crippen LogP contribution in [0.3, 0.4) is 0 Å². The third kappa shape index (κ3) is 16.1. The van der Waals surface area contributed by atoms with Gasteiger partial charge in [-0.25, -0.2) is 0 Å². The summed E-state index contributed by atoms with van der Waals surface area (Å²) in [4.78, 5) is 0. The molecule has 0 radical (unpaired) electrons. The van der Waals surface area contributed by atoms with Crippen LogP contribution in [0.4, 0.5) is 0 Å². The van der Waals surface area contributed by atoms with Gasteiger partial charge in [0.2, 0.25) is 0 Å². The van der Waals surface area contributed by atoms with Crippen molar-refractivity contribution in [3.8, 4) is 0 Å². The second-order valence-electron chi connectivity index (χ2n) is 1.42. The molecule has 0 heterocycles. The summed E-state index contributed by atoms with van der Waals surface area (Å²) < 4.78 is 13.2. The van der Waals surface area contributed by atoms with Crippen molar-refractivity contribution in [3.05, 3.63) is 6.92 Å². The quantitative estimate of drug-likeness (QED) is 0.436. The van der Waals surface area contributed by atoms with Gasteiger partial charge in [0, 0.05) is 6.10 Å². The molecule has 2 nitrogen and oxygen atoms in total. The average molecular weight is 151 g/mol. The summed E-state index contributed by atoms with van der Waals surface area (Å²) in [5, 5.41) is 0. The number of ether oxygens (including phenoxy) is 1. The summed E-state index contributed by atoms with van der Waals surface area (Å²) in [6.45, 7) is 8.07. The van der Waals surface area contributed by atoms with Crippen LogP contribution in [0.25, 0.3) is 0 Å². The summed E-state index contributed by atoms with van der Waals surface area (Å²) in [5.74, 6) is 0. The molecule has 0 aromatic rings. The van der Waals surface area contributed by atoms with Gasteiger partial charge >= 0.3 is 23.7 Å². The summed E-state index contributed by atoms with van der Waals surface area (Å²) in [7, 11) is 0. The van der Waals surface area contributed by atoms with Crippen molar-refractivity contribution < 1.29 is 28.5 Å². The molecule has 0 N–H and O–H groups in total. The van der Waals surface area contributed by atoms with E-state index < -0.39 is 0 Å². The third-order valence-corrected chi connectivity index (χ3v) is 0.451. The summed E-state index contributed by atoms with van der Waals surface area (Å²) in [6, 6.07) is 0. The normalized spacial score (nSPS) is 8.25. The number of hydrogen-bond acceptors (Lipinski definition) is 2. The molecule has 0 aromatic carbocycles. The van der Waals surface area contributed by atoms with Crippen LogP contribution in [0.5, 0.6) is 0 Å². The molecule has 0 amide bonds. The minimum atomic E-state index is 0.336. The molecule has 8 heavy (non-hydrogen) atoms. The molecular weight excluding hydrogens is 140 g/mol. The molecule has 0 bridgehead atoms. The zero-order chi connectivity index (χ0) is 6.99. The van der Waals surface area contributed by atoms with E-state index >= 15 is 0 Å². The molecule has 0 spiro atoms. The molecule has 0 aliphatic carbocycles. The van der Waals surface area contributed by atoms with Crippen LogP contribution in [0.2, 0.25) is 0 Å². The van der Waals surface area contributed by atoms with Crippen molar-refractivity contribution in [2.24, 2.45) is 0 Å². The SMILES string of the molecule is [CH2-]COC(C)C.[O]=[Ti+]. The van der Waals surface area contributed by atoms with Gasteiger partial charge in [0.25, 0.3) is 0 Å². The van der Waals surface area contributed by atoms with Crippen LogP contribution in [-0.2, 0) is 28.5 Å². The van der Waals surface area contributed by atoms with Crippen molar-refractivity contribution in [3.63, 3.8) is 0 Å². The van der Waals surface area contributed by atoms with Gasteiger partial charge in [0.1, 0.15) is 0 Å². The first-order valence-electron chi connectivity index (χ1n) is 2.38. The molecule has 0 aliphatic rings. The van der Waals surface area contributed by atoms with Crippen molar-refractivity contribution in [1.29, 1.82) is 0 Å². The number of rotatable bonds is 2. The molecule has 0 unspecified atom stereocenters. The van der Waals surface area contributed by atoms with Crippen LogP contribution in [0.1, 0.15) is 13.8 Å². The Labute approximate surface area is 62.3 Å². The Morgan fingerprint density at radius 2 is 2.00 bits per heavy atom. The van der Waals surface area contributed by atoms with Gasteiger partial charge in [-0.15, -0.1) is 0 Å². The zero-order valence-corrected chi connectivity index (χ0v) is 6.87. The fourth-order valence-corrected chi connectivity index (χ4v) is 0.236. The molecule has 0 atom stereocenters. The van der Waals surface area contributed by atoms with Gasteiger partial charge in [-0.3, -0.25) is 0 Å². The Hall–Kier alpha value is 0.474. The van der Waals surface area contributed by atoms with Gasteiger partial charge in [-0.1, -0.05) is 6.61 Å². The Bertz CT molecular complexity index is 39.4. The third-order valence-electron chi connectivity index (χ3n) is 0.451. The minimum absolute atomic E-state index is 0.336. The van der Waals surface area contributed by atoms with Crippen molar-refractivity contribution in [2.45, 2.75) is 20.0 Å². The standard InChI is InChI=1S/C5H11O.O.Ti/c1-4-6-5(2)3;;/h5H,1,4H2,2-3H3;;/q-1;;+1.